The van der Waals surface area contributed by atoms with E-state index in [-0.39, 0.29) is 18.3 Å². The monoisotopic (exact) mass is 477 g/mol. The first-order valence-corrected chi connectivity index (χ1v) is 10.8. The van der Waals surface area contributed by atoms with Crippen molar-refractivity contribution in [3.63, 3.8) is 0 Å². The van der Waals surface area contributed by atoms with Crippen molar-refractivity contribution in [3.8, 4) is 22.8 Å². The van der Waals surface area contributed by atoms with Gasteiger partial charge in [-0.3, -0.25) is 9.59 Å². The van der Waals surface area contributed by atoms with Gasteiger partial charge in [0.15, 0.2) is 11.5 Å². The molecule has 0 aliphatic carbocycles. The third kappa shape index (κ3) is 5.49. The smallest absolute Gasteiger partial charge is 0.335 e. The van der Waals surface area contributed by atoms with Crippen molar-refractivity contribution in [2.45, 2.75) is 19.9 Å². The Morgan fingerprint density at radius 1 is 0.971 bits per heavy atom. The van der Waals surface area contributed by atoms with Crippen LogP contribution in [0.25, 0.3) is 11.3 Å². The first-order valence-electron chi connectivity index (χ1n) is 10.8. The van der Waals surface area contributed by atoms with Gasteiger partial charge in [0.2, 0.25) is 6.79 Å². The predicted octanol–water partition coefficient (Wildman–Crippen LogP) is 3.28. The van der Waals surface area contributed by atoms with Gasteiger partial charge >= 0.3 is 5.97 Å². The van der Waals surface area contributed by atoms with Crippen molar-refractivity contribution in [2.24, 2.45) is 11.0 Å². The maximum absolute atomic E-state index is 12.7. The number of amides is 2. The molecule has 10 heteroatoms. The molecule has 0 fully saturated rings. The molecule has 3 N–H and O–H groups in total. The van der Waals surface area contributed by atoms with Crippen molar-refractivity contribution >= 4 is 24.0 Å². The molecule has 0 saturated carbocycles. The molecule has 1 aliphatic rings. The summed E-state index contributed by atoms with van der Waals surface area (Å²) in [5, 5.41) is 15.7. The Balaban J connectivity index is 1.36. The van der Waals surface area contributed by atoms with Gasteiger partial charge in [0, 0.05) is 11.1 Å². The van der Waals surface area contributed by atoms with Gasteiger partial charge in [0.05, 0.1) is 11.8 Å². The van der Waals surface area contributed by atoms with Gasteiger partial charge < -0.3 is 24.3 Å². The first kappa shape index (κ1) is 23.6. The predicted molar refractivity (Wildman–Crippen MR) is 125 cm³/mol. The number of furan rings is 1. The van der Waals surface area contributed by atoms with Crippen molar-refractivity contribution < 1.29 is 33.4 Å². The number of hydrogen-bond acceptors (Lipinski definition) is 7. The lowest BCUT2D eigenvalue weighted by Crippen LogP contribution is -2.48. The fourth-order valence-corrected chi connectivity index (χ4v) is 3.38. The van der Waals surface area contributed by atoms with Crippen LogP contribution in [-0.2, 0) is 4.79 Å². The van der Waals surface area contributed by atoms with Gasteiger partial charge in [-0.05, 0) is 48.4 Å². The zero-order valence-corrected chi connectivity index (χ0v) is 19.0. The summed E-state index contributed by atoms with van der Waals surface area (Å²) in [7, 11) is 0. The largest absolute Gasteiger partial charge is 0.478 e. The van der Waals surface area contributed by atoms with Crippen LogP contribution in [0.3, 0.4) is 0 Å². The Kier molecular flexibility index (Phi) is 6.81. The fourth-order valence-electron chi connectivity index (χ4n) is 3.38. The van der Waals surface area contributed by atoms with Crippen LogP contribution in [-0.4, -0.2) is 41.9 Å². The van der Waals surface area contributed by atoms with E-state index >= 15 is 0 Å². The second-order valence-corrected chi connectivity index (χ2v) is 8.08. The van der Waals surface area contributed by atoms with Crippen LogP contribution in [0.4, 0.5) is 0 Å². The molecule has 180 valence electrons. The lowest BCUT2D eigenvalue weighted by molar-refractivity contribution is -0.123. The maximum Gasteiger partial charge on any atom is 0.335 e. The number of nitrogens with zero attached hydrogens (tertiary/aromatic N) is 1. The van der Waals surface area contributed by atoms with E-state index in [2.05, 4.69) is 15.8 Å². The second-order valence-electron chi connectivity index (χ2n) is 8.08. The lowest BCUT2D eigenvalue weighted by atomic mass is 10.0. The minimum atomic E-state index is -1.01. The van der Waals surface area contributed by atoms with Crippen molar-refractivity contribution in [2.75, 3.05) is 6.79 Å². The molecule has 2 aromatic carbocycles. The average molecular weight is 477 g/mol. The summed E-state index contributed by atoms with van der Waals surface area (Å²) in [4.78, 5) is 36.3. The number of hydrazone groups is 1. The zero-order valence-electron chi connectivity index (χ0n) is 19.0. The Morgan fingerprint density at radius 3 is 2.40 bits per heavy atom. The van der Waals surface area contributed by atoms with Crippen LogP contribution >= 0.6 is 0 Å². The van der Waals surface area contributed by atoms with Crippen LogP contribution < -0.4 is 20.2 Å². The number of benzene rings is 2. The molecule has 35 heavy (non-hydrogen) atoms. The number of ether oxygens (including phenoxy) is 2. The minimum Gasteiger partial charge on any atom is -0.478 e. The highest BCUT2D eigenvalue weighted by molar-refractivity contribution is 5.98. The van der Waals surface area contributed by atoms with Gasteiger partial charge in [0.25, 0.3) is 11.8 Å². The van der Waals surface area contributed by atoms with E-state index in [9.17, 15) is 14.4 Å². The molecule has 2 amide bonds. The van der Waals surface area contributed by atoms with Crippen molar-refractivity contribution in [3.05, 3.63) is 71.5 Å². The van der Waals surface area contributed by atoms with E-state index in [1.807, 2.05) is 13.8 Å². The molecule has 1 aromatic heterocycles. The molecule has 1 unspecified atom stereocenters. The SMILES string of the molecule is CC(C)C(NC(=O)c1ccc2c(c1)OCO2)C(=O)NN=Cc1ccc(-c2ccc(C(=O)O)cc2)o1. The van der Waals surface area contributed by atoms with Gasteiger partial charge in [0.1, 0.15) is 17.6 Å². The lowest BCUT2D eigenvalue weighted by Gasteiger charge is -2.20. The van der Waals surface area contributed by atoms with Crippen LogP contribution in [0.5, 0.6) is 11.5 Å². The average Bonchev–Trinajstić information content (AvgIpc) is 3.51. The standard InChI is InChI=1S/C25H23N3O7/c1-14(2)22(27-23(29)17-7-9-20-21(11-17)34-13-33-20)24(30)28-26-12-18-8-10-19(35-18)15-3-5-16(6-4-15)25(31)32/h3-12,14,22H,13H2,1-2H3,(H,27,29)(H,28,30)(H,31,32). The summed E-state index contributed by atoms with van der Waals surface area (Å²) in [6.07, 6.45) is 1.34. The summed E-state index contributed by atoms with van der Waals surface area (Å²) >= 11 is 0. The molecule has 3 aromatic rings. The summed E-state index contributed by atoms with van der Waals surface area (Å²) in [6.45, 7) is 3.72. The summed E-state index contributed by atoms with van der Waals surface area (Å²) < 4.78 is 16.2. The van der Waals surface area contributed by atoms with Crippen LogP contribution in [0.15, 0.2) is 64.1 Å². The number of aromatic carboxylic acids is 1. The molecule has 4 rings (SSSR count). The molecule has 0 spiro atoms. The molecule has 10 nitrogen and oxygen atoms in total. The molecule has 0 saturated heterocycles. The molecular formula is C25H23N3O7. The summed E-state index contributed by atoms with van der Waals surface area (Å²) in [6, 6.07) is 13.6. The normalized spacial score (nSPS) is 13.1. The third-order valence-electron chi connectivity index (χ3n) is 5.28. The zero-order chi connectivity index (χ0) is 24.9. The van der Waals surface area contributed by atoms with E-state index in [0.29, 0.717) is 34.1 Å². The maximum atomic E-state index is 12.7. The minimum absolute atomic E-state index is 0.101. The quantitative estimate of drug-likeness (QED) is 0.334. The van der Waals surface area contributed by atoms with Crippen LogP contribution in [0.2, 0.25) is 0 Å². The topological polar surface area (TPSA) is 139 Å². The van der Waals surface area contributed by atoms with Crippen molar-refractivity contribution in [1.29, 1.82) is 0 Å². The molecule has 1 aliphatic heterocycles. The van der Waals surface area contributed by atoms with E-state index in [1.165, 1.54) is 18.3 Å². The number of rotatable bonds is 8. The van der Waals surface area contributed by atoms with Crippen molar-refractivity contribution in [1.82, 2.24) is 10.7 Å². The highest BCUT2D eigenvalue weighted by Gasteiger charge is 2.25. The Bertz CT molecular complexity index is 1280. The van der Waals surface area contributed by atoms with Crippen LogP contribution in [0.1, 0.15) is 40.3 Å². The fraction of sp³-hybridized carbons (Fsp3) is 0.200. The molecular weight excluding hydrogens is 454 g/mol. The second kappa shape index (κ2) is 10.1. The van der Waals surface area contributed by atoms with E-state index < -0.39 is 23.8 Å². The molecule has 1 atom stereocenters. The summed E-state index contributed by atoms with van der Waals surface area (Å²) in [5.74, 6) is -0.180. The van der Waals surface area contributed by atoms with E-state index in [4.69, 9.17) is 19.0 Å². The Hall–Kier alpha value is -4.60. The van der Waals surface area contributed by atoms with Gasteiger partial charge in [-0.15, -0.1) is 0 Å². The Morgan fingerprint density at radius 2 is 1.69 bits per heavy atom. The van der Waals surface area contributed by atoms with Gasteiger partial charge in [-0.25, -0.2) is 10.2 Å². The number of nitrogens with one attached hydrogen (secondary N) is 2. The summed E-state index contributed by atoms with van der Waals surface area (Å²) in [5.41, 5.74) is 3.64. The number of carbonyl (C=O) groups is 3. The number of carboxylic acid groups (broad SMARTS) is 1. The van der Waals surface area contributed by atoms with E-state index in [1.54, 1.807) is 42.5 Å². The number of carbonyl (C=O) groups excluding carboxylic acids is 2. The van der Waals surface area contributed by atoms with E-state index in [0.717, 1.165) is 0 Å². The molecule has 0 bridgehead atoms. The van der Waals surface area contributed by atoms with Gasteiger partial charge in [-0.2, -0.15) is 5.10 Å². The third-order valence-corrected chi connectivity index (χ3v) is 5.28. The first-order chi connectivity index (χ1) is 16.8. The highest BCUT2D eigenvalue weighted by atomic mass is 16.7. The highest BCUT2D eigenvalue weighted by Crippen LogP contribution is 2.32. The number of fused-ring (bicyclic) bond motifs is 1. The molecule has 2 heterocycles. The number of carboxylic acids is 1. The molecule has 0 radical (unpaired) electrons. The Labute approximate surface area is 200 Å². The van der Waals surface area contributed by atoms with Gasteiger partial charge in [-0.1, -0.05) is 26.0 Å². The number of hydrogen-bond donors (Lipinski definition) is 3. The van der Waals surface area contributed by atoms with Crippen LogP contribution in [0, 0.1) is 5.92 Å².